The number of benzene rings is 1. The molecular weight excluding hydrogens is 338 g/mol. The number of hydrogen-bond acceptors (Lipinski definition) is 5. The number of nitro groups is 1. The van der Waals surface area contributed by atoms with Crippen molar-refractivity contribution in [2.24, 2.45) is 11.8 Å². The summed E-state index contributed by atoms with van der Waals surface area (Å²) in [6.07, 6.45) is 4.90. The average molecular weight is 359 g/mol. The molecule has 2 unspecified atom stereocenters. The molecule has 1 aromatic rings. The Bertz CT molecular complexity index is 710. The Morgan fingerprint density at radius 1 is 1.08 bits per heavy atom. The second-order valence-corrected chi connectivity index (χ2v) is 6.39. The molecule has 8 heteroatoms. The summed E-state index contributed by atoms with van der Waals surface area (Å²) in [4.78, 5) is 37.5. The van der Waals surface area contributed by atoms with E-state index in [4.69, 9.17) is 4.74 Å². The van der Waals surface area contributed by atoms with E-state index in [0.29, 0.717) is 44.8 Å². The van der Waals surface area contributed by atoms with Crippen molar-refractivity contribution in [1.29, 1.82) is 0 Å². The van der Waals surface area contributed by atoms with E-state index in [2.05, 4.69) is 5.32 Å². The SMILES string of the molecule is O=C(Nc1ccc([N+](=O)[O-])cc1)C1CC=CCC1C(=O)N1CCOCC1. The maximum Gasteiger partial charge on any atom is 0.269 e. The summed E-state index contributed by atoms with van der Waals surface area (Å²) in [6.45, 7) is 2.15. The van der Waals surface area contributed by atoms with Crippen molar-refractivity contribution in [3.05, 3.63) is 46.5 Å². The molecule has 2 aliphatic rings. The van der Waals surface area contributed by atoms with Gasteiger partial charge in [-0.25, -0.2) is 0 Å². The molecule has 2 amide bonds. The Kier molecular flexibility index (Phi) is 5.62. The number of anilines is 1. The van der Waals surface area contributed by atoms with E-state index in [9.17, 15) is 19.7 Å². The number of amides is 2. The number of rotatable bonds is 4. The van der Waals surface area contributed by atoms with Crippen molar-refractivity contribution in [3.8, 4) is 0 Å². The van der Waals surface area contributed by atoms with Crippen molar-refractivity contribution in [2.45, 2.75) is 12.8 Å². The van der Waals surface area contributed by atoms with E-state index in [0.717, 1.165) is 0 Å². The minimum atomic E-state index is -0.492. The largest absolute Gasteiger partial charge is 0.378 e. The highest BCUT2D eigenvalue weighted by molar-refractivity contribution is 5.96. The van der Waals surface area contributed by atoms with Crippen LogP contribution in [0.4, 0.5) is 11.4 Å². The lowest BCUT2D eigenvalue weighted by atomic mass is 9.81. The third-order valence-electron chi connectivity index (χ3n) is 4.75. The van der Waals surface area contributed by atoms with Crippen molar-refractivity contribution in [1.82, 2.24) is 4.90 Å². The summed E-state index contributed by atoms with van der Waals surface area (Å²) >= 11 is 0. The zero-order valence-electron chi connectivity index (χ0n) is 14.3. The fourth-order valence-electron chi connectivity index (χ4n) is 3.30. The molecule has 8 nitrogen and oxygen atoms in total. The maximum absolute atomic E-state index is 12.8. The smallest absolute Gasteiger partial charge is 0.269 e. The lowest BCUT2D eigenvalue weighted by molar-refractivity contribution is -0.384. The van der Waals surface area contributed by atoms with Crippen molar-refractivity contribution in [2.75, 3.05) is 31.6 Å². The molecular formula is C18H21N3O5. The zero-order chi connectivity index (χ0) is 18.5. The molecule has 2 atom stereocenters. The number of carbonyl (C=O) groups is 2. The predicted octanol–water partition coefficient (Wildman–Crippen LogP) is 1.97. The van der Waals surface area contributed by atoms with Gasteiger partial charge in [0.1, 0.15) is 0 Å². The van der Waals surface area contributed by atoms with Gasteiger partial charge in [0.25, 0.3) is 5.69 Å². The standard InChI is InChI=1S/C18H21N3O5/c22-17(19-13-5-7-14(8-6-13)21(24)25)15-3-1-2-4-16(15)18(23)20-9-11-26-12-10-20/h1-2,5-8,15-16H,3-4,9-12H2,(H,19,22). The highest BCUT2D eigenvalue weighted by atomic mass is 16.6. The van der Waals surface area contributed by atoms with E-state index < -0.39 is 16.8 Å². The van der Waals surface area contributed by atoms with Crippen LogP contribution < -0.4 is 5.32 Å². The fraction of sp³-hybridized carbons (Fsp3) is 0.444. The highest BCUT2D eigenvalue weighted by Crippen LogP contribution is 2.29. The van der Waals surface area contributed by atoms with E-state index >= 15 is 0 Å². The Hall–Kier alpha value is -2.74. The van der Waals surface area contributed by atoms with Gasteiger partial charge in [-0.3, -0.25) is 19.7 Å². The molecule has 0 saturated carbocycles. The lowest BCUT2D eigenvalue weighted by Gasteiger charge is -2.34. The highest BCUT2D eigenvalue weighted by Gasteiger charge is 2.36. The van der Waals surface area contributed by atoms with Crippen LogP contribution in [0.1, 0.15) is 12.8 Å². The molecule has 1 aliphatic heterocycles. The summed E-state index contributed by atoms with van der Waals surface area (Å²) in [5.41, 5.74) is 0.441. The zero-order valence-corrected chi connectivity index (χ0v) is 14.3. The first kappa shape index (κ1) is 18.1. The van der Waals surface area contributed by atoms with Gasteiger partial charge in [0.05, 0.1) is 30.0 Å². The quantitative estimate of drug-likeness (QED) is 0.503. The van der Waals surface area contributed by atoms with Gasteiger partial charge in [-0.2, -0.15) is 0 Å². The van der Waals surface area contributed by atoms with Gasteiger partial charge in [0, 0.05) is 30.9 Å². The molecule has 1 saturated heterocycles. The summed E-state index contributed by atoms with van der Waals surface area (Å²) < 4.78 is 5.28. The Balaban J connectivity index is 1.68. The number of nitrogens with one attached hydrogen (secondary N) is 1. The molecule has 138 valence electrons. The minimum Gasteiger partial charge on any atom is -0.378 e. The van der Waals surface area contributed by atoms with Gasteiger partial charge in [-0.05, 0) is 25.0 Å². The topological polar surface area (TPSA) is 102 Å². The van der Waals surface area contributed by atoms with Gasteiger partial charge in [-0.15, -0.1) is 0 Å². The fourth-order valence-corrected chi connectivity index (χ4v) is 3.30. The predicted molar refractivity (Wildman–Crippen MR) is 94.5 cm³/mol. The van der Waals surface area contributed by atoms with Gasteiger partial charge in [0.2, 0.25) is 11.8 Å². The van der Waals surface area contributed by atoms with Crippen LogP contribution in [0.5, 0.6) is 0 Å². The number of non-ortho nitro benzene ring substituents is 1. The molecule has 0 spiro atoms. The second kappa shape index (κ2) is 8.09. The van der Waals surface area contributed by atoms with Crippen LogP contribution in [0.3, 0.4) is 0 Å². The molecule has 3 rings (SSSR count). The Labute approximate surface area is 151 Å². The molecule has 1 aromatic carbocycles. The van der Waals surface area contributed by atoms with E-state index in [1.54, 1.807) is 4.90 Å². The summed E-state index contributed by atoms with van der Waals surface area (Å²) in [7, 11) is 0. The molecule has 0 bridgehead atoms. The maximum atomic E-state index is 12.8. The minimum absolute atomic E-state index is 0.0125. The van der Waals surface area contributed by atoms with Crippen LogP contribution >= 0.6 is 0 Å². The summed E-state index contributed by atoms with van der Waals surface area (Å²) in [6, 6.07) is 5.67. The monoisotopic (exact) mass is 359 g/mol. The van der Waals surface area contributed by atoms with Crippen LogP contribution in [0, 0.1) is 22.0 Å². The summed E-state index contributed by atoms with van der Waals surface area (Å²) in [5, 5.41) is 13.5. The van der Waals surface area contributed by atoms with E-state index in [-0.39, 0.29) is 17.5 Å². The van der Waals surface area contributed by atoms with Gasteiger partial charge < -0.3 is 15.0 Å². The number of ether oxygens (including phenoxy) is 1. The average Bonchev–Trinajstić information content (AvgIpc) is 2.68. The first-order valence-electron chi connectivity index (χ1n) is 8.63. The van der Waals surface area contributed by atoms with Crippen molar-refractivity contribution >= 4 is 23.2 Å². The number of hydrogen-bond donors (Lipinski definition) is 1. The van der Waals surface area contributed by atoms with Crippen LogP contribution in [-0.4, -0.2) is 47.9 Å². The van der Waals surface area contributed by atoms with E-state index in [1.165, 1.54) is 24.3 Å². The molecule has 0 radical (unpaired) electrons. The normalized spacial score (nSPS) is 22.7. The molecule has 26 heavy (non-hydrogen) atoms. The Morgan fingerprint density at radius 3 is 2.31 bits per heavy atom. The molecule has 1 fully saturated rings. The van der Waals surface area contributed by atoms with Crippen molar-refractivity contribution in [3.63, 3.8) is 0 Å². The van der Waals surface area contributed by atoms with Gasteiger partial charge >= 0.3 is 0 Å². The molecule has 1 heterocycles. The number of nitro benzene ring substituents is 1. The number of allylic oxidation sites excluding steroid dienone is 2. The lowest BCUT2D eigenvalue weighted by Crippen LogP contribution is -2.47. The number of nitrogens with zero attached hydrogens (tertiary/aromatic N) is 2. The summed E-state index contributed by atoms with van der Waals surface area (Å²) in [5.74, 6) is -1.10. The van der Waals surface area contributed by atoms with Gasteiger partial charge in [-0.1, -0.05) is 12.2 Å². The third kappa shape index (κ3) is 4.08. The molecule has 1 N–H and O–H groups in total. The Morgan fingerprint density at radius 2 is 1.69 bits per heavy atom. The molecule has 0 aromatic heterocycles. The first-order valence-corrected chi connectivity index (χ1v) is 8.63. The third-order valence-corrected chi connectivity index (χ3v) is 4.75. The van der Waals surface area contributed by atoms with Crippen LogP contribution in [-0.2, 0) is 14.3 Å². The first-order chi connectivity index (χ1) is 12.6. The van der Waals surface area contributed by atoms with Crippen molar-refractivity contribution < 1.29 is 19.2 Å². The van der Waals surface area contributed by atoms with Crippen LogP contribution in [0.2, 0.25) is 0 Å². The van der Waals surface area contributed by atoms with Gasteiger partial charge in [0.15, 0.2) is 0 Å². The number of carbonyl (C=O) groups excluding carboxylic acids is 2. The second-order valence-electron chi connectivity index (χ2n) is 6.39. The van der Waals surface area contributed by atoms with E-state index in [1.807, 2.05) is 12.2 Å². The van der Waals surface area contributed by atoms with Crippen LogP contribution in [0.15, 0.2) is 36.4 Å². The van der Waals surface area contributed by atoms with Crippen LogP contribution in [0.25, 0.3) is 0 Å². The molecule has 1 aliphatic carbocycles. The number of morpholine rings is 1.